The molecule has 1 N–H and O–H groups in total. The minimum Gasteiger partial charge on any atom is -0.489 e. The molecule has 0 aliphatic carbocycles. The van der Waals surface area contributed by atoms with Gasteiger partial charge in [-0.15, -0.1) is 0 Å². The number of amides is 1. The number of carbonyl (C=O) groups excluding carboxylic acids is 1. The van der Waals surface area contributed by atoms with Crippen LogP contribution in [-0.4, -0.2) is 30.3 Å². The van der Waals surface area contributed by atoms with E-state index in [0.29, 0.717) is 17.9 Å². The summed E-state index contributed by atoms with van der Waals surface area (Å²) in [6, 6.07) is 6.02. The predicted molar refractivity (Wildman–Crippen MR) is 92.8 cm³/mol. The summed E-state index contributed by atoms with van der Waals surface area (Å²) in [5.74, 6) is 1.10. The molecule has 134 valence electrons. The Morgan fingerprint density at radius 2 is 2.04 bits per heavy atom. The summed E-state index contributed by atoms with van der Waals surface area (Å²) in [7, 11) is 0. The predicted octanol–water partition coefficient (Wildman–Crippen LogP) is 3.09. The number of hydrogen-bond donors (Lipinski definition) is 1. The van der Waals surface area contributed by atoms with Crippen LogP contribution in [0.3, 0.4) is 0 Å². The molecule has 6 nitrogen and oxygen atoms in total. The molecule has 1 saturated heterocycles. The lowest BCUT2D eigenvalue weighted by Gasteiger charge is -2.11. The van der Waals surface area contributed by atoms with Gasteiger partial charge in [-0.3, -0.25) is 4.79 Å². The minimum absolute atomic E-state index is 0.0897. The highest BCUT2D eigenvalue weighted by molar-refractivity contribution is 5.93. The summed E-state index contributed by atoms with van der Waals surface area (Å²) in [4.78, 5) is 12.4. The molecule has 1 aromatic carbocycles. The summed E-state index contributed by atoms with van der Waals surface area (Å²) < 4.78 is 16.6. The fourth-order valence-electron chi connectivity index (χ4n) is 3.01. The number of carbonyl (C=O) groups is 1. The van der Waals surface area contributed by atoms with Gasteiger partial charge in [0.2, 0.25) is 0 Å². The lowest BCUT2D eigenvalue weighted by molar-refractivity contribution is 0.0848. The Morgan fingerprint density at radius 1 is 1.28 bits per heavy atom. The largest absolute Gasteiger partial charge is 0.489 e. The van der Waals surface area contributed by atoms with Gasteiger partial charge in [-0.2, -0.15) is 0 Å². The second-order valence-corrected chi connectivity index (χ2v) is 6.52. The van der Waals surface area contributed by atoms with Gasteiger partial charge in [0.25, 0.3) is 5.91 Å². The summed E-state index contributed by atoms with van der Waals surface area (Å²) >= 11 is 0. The van der Waals surface area contributed by atoms with E-state index in [1.165, 1.54) is 0 Å². The Labute approximate surface area is 147 Å². The maximum atomic E-state index is 12.4. The fraction of sp³-hybridized carbons (Fsp3) is 0.474. The molecule has 1 fully saturated rings. The highest BCUT2D eigenvalue weighted by Crippen LogP contribution is 2.20. The van der Waals surface area contributed by atoms with Crippen LogP contribution in [0.1, 0.15) is 45.8 Å². The van der Waals surface area contributed by atoms with Crippen LogP contribution in [-0.2, 0) is 11.3 Å². The van der Waals surface area contributed by atoms with Crippen LogP contribution in [0.25, 0.3) is 0 Å². The number of benzene rings is 1. The SMILES string of the molecule is Cc1cc(C)cc(OCc2c(C(=O)NCC3CCCO3)noc2C)c1. The number of rotatable bonds is 6. The molecule has 0 bridgehead atoms. The molecule has 2 heterocycles. The van der Waals surface area contributed by atoms with E-state index in [1.807, 2.05) is 26.0 Å². The molecule has 6 heteroatoms. The first-order valence-electron chi connectivity index (χ1n) is 8.59. The van der Waals surface area contributed by atoms with E-state index in [9.17, 15) is 4.79 Å². The van der Waals surface area contributed by atoms with E-state index in [2.05, 4.69) is 16.5 Å². The van der Waals surface area contributed by atoms with Crippen molar-refractivity contribution in [3.8, 4) is 5.75 Å². The Morgan fingerprint density at radius 3 is 2.72 bits per heavy atom. The maximum Gasteiger partial charge on any atom is 0.273 e. The van der Waals surface area contributed by atoms with Gasteiger partial charge in [-0.05, 0) is 56.9 Å². The lowest BCUT2D eigenvalue weighted by Crippen LogP contribution is -2.32. The van der Waals surface area contributed by atoms with Gasteiger partial charge in [-0.25, -0.2) is 0 Å². The molecule has 2 aromatic rings. The summed E-state index contributed by atoms with van der Waals surface area (Å²) in [5.41, 5.74) is 3.21. The van der Waals surface area contributed by atoms with Gasteiger partial charge < -0.3 is 19.3 Å². The molecule has 25 heavy (non-hydrogen) atoms. The topological polar surface area (TPSA) is 73.6 Å². The number of nitrogens with one attached hydrogen (secondary N) is 1. The van der Waals surface area contributed by atoms with Crippen LogP contribution in [0.5, 0.6) is 5.75 Å². The van der Waals surface area contributed by atoms with E-state index in [0.717, 1.165) is 36.3 Å². The third-order valence-corrected chi connectivity index (χ3v) is 4.29. The molecule has 0 saturated carbocycles. The monoisotopic (exact) mass is 344 g/mol. The Hall–Kier alpha value is -2.34. The number of hydrogen-bond acceptors (Lipinski definition) is 5. The molecular formula is C19H24N2O4. The molecule has 1 unspecified atom stereocenters. The van der Waals surface area contributed by atoms with Gasteiger partial charge in [0, 0.05) is 13.2 Å². The third-order valence-electron chi connectivity index (χ3n) is 4.29. The molecule has 1 aromatic heterocycles. The zero-order chi connectivity index (χ0) is 17.8. The van der Waals surface area contributed by atoms with Crippen LogP contribution in [0.15, 0.2) is 22.7 Å². The molecule has 1 atom stereocenters. The lowest BCUT2D eigenvalue weighted by atomic mass is 10.1. The fourth-order valence-corrected chi connectivity index (χ4v) is 3.01. The quantitative estimate of drug-likeness (QED) is 0.872. The number of aryl methyl sites for hydroxylation is 3. The van der Waals surface area contributed by atoms with Gasteiger partial charge in [-0.1, -0.05) is 11.2 Å². The van der Waals surface area contributed by atoms with Crippen LogP contribution in [0.4, 0.5) is 0 Å². The molecule has 1 aliphatic rings. The van der Waals surface area contributed by atoms with E-state index >= 15 is 0 Å². The molecular weight excluding hydrogens is 320 g/mol. The molecule has 0 spiro atoms. The zero-order valence-electron chi connectivity index (χ0n) is 14.9. The van der Waals surface area contributed by atoms with Crippen LogP contribution >= 0.6 is 0 Å². The second kappa shape index (κ2) is 7.70. The summed E-state index contributed by atoms with van der Waals surface area (Å²) in [6.45, 7) is 7.31. The molecule has 1 aliphatic heterocycles. The smallest absolute Gasteiger partial charge is 0.273 e. The third kappa shape index (κ3) is 4.39. The van der Waals surface area contributed by atoms with Crippen LogP contribution in [0.2, 0.25) is 0 Å². The Balaban J connectivity index is 1.65. The normalized spacial score (nSPS) is 16.8. The second-order valence-electron chi connectivity index (χ2n) is 6.52. The van der Waals surface area contributed by atoms with Crippen molar-refractivity contribution in [1.82, 2.24) is 10.5 Å². The minimum atomic E-state index is -0.258. The van der Waals surface area contributed by atoms with E-state index in [-0.39, 0.29) is 24.3 Å². The van der Waals surface area contributed by atoms with Crippen molar-refractivity contribution in [1.29, 1.82) is 0 Å². The van der Waals surface area contributed by atoms with Crippen molar-refractivity contribution < 1.29 is 18.8 Å². The van der Waals surface area contributed by atoms with Crippen molar-refractivity contribution in [3.05, 3.63) is 46.3 Å². The van der Waals surface area contributed by atoms with E-state index in [1.54, 1.807) is 6.92 Å². The number of nitrogens with zero attached hydrogens (tertiary/aromatic N) is 1. The molecule has 0 radical (unpaired) electrons. The highest BCUT2D eigenvalue weighted by atomic mass is 16.5. The van der Waals surface area contributed by atoms with Gasteiger partial charge in [0.15, 0.2) is 5.69 Å². The van der Waals surface area contributed by atoms with Crippen molar-refractivity contribution in [2.24, 2.45) is 0 Å². The van der Waals surface area contributed by atoms with Crippen molar-refractivity contribution in [3.63, 3.8) is 0 Å². The number of ether oxygens (including phenoxy) is 2. The van der Waals surface area contributed by atoms with Gasteiger partial charge in [0.1, 0.15) is 18.1 Å². The average Bonchev–Trinajstić information content (AvgIpc) is 3.19. The molecule has 1 amide bonds. The van der Waals surface area contributed by atoms with Crippen molar-refractivity contribution >= 4 is 5.91 Å². The van der Waals surface area contributed by atoms with Crippen molar-refractivity contribution in [2.75, 3.05) is 13.2 Å². The van der Waals surface area contributed by atoms with Crippen LogP contribution in [0, 0.1) is 20.8 Å². The van der Waals surface area contributed by atoms with Crippen LogP contribution < -0.4 is 10.1 Å². The van der Waals surface area contributed by atoms with Crippen molar-refractivity contribution in [2.45, 2.75) is 46.3 Å². The van der Waals surface area contributed by atoms with E-state index in [4.69, 9.17) is 14.0 Å². The highest BCUT2D eigenvalue weighted by Gasteiger charge is 2.22. The Kier molecular flexibility index (Phi) is 5.38. The Bertz CT molecular complexity index is 728. The first kappa shape index (κ1) is 17.5. The maximum absolute atomic E-state index is 12.4. The van der Waals surface area contributed by atoms with Gasteiger partial charge in [0.05, 0.1) is 11.7 Å². The summed E-state index contributed by atoms with van der Waals surface area (Å²) in [6.07, 6.45) is 2.10. The standard InChI is InChI=1S/C19H24N2O4/c1-12-7-13(2)9-16(8-12)24-11-17-14(3)25-21-18(17)19(22)20-10-15-5-4-6-23-15/h7-9,15H,4-6,10-11H2,1-3H3,(H,20,22). The summed E-state index contributed by atoms with van der Waals surface area (Å²) in [5, 5.41) is 6.77. The average molecular weight is 344 g/mol. The van der Waals surface area contributed by atoms with Gasteiger partial charge >= 0.3 is 0 Å². The first-order valence-corrected chi connectivity index (χ1v) is 8.59. The number of aromatic nitrogens is 1. The first-order chi connectivity index (χ1) is 12.0. The zero-order valence-corrected chi connectivity index (χ0v) is 14.9. The van der Waals surface area contributed by atoms with E-state index < -0.39 is 0 Å². The molecule has 3 rings (SSSR count).